The van der Waals surface area contributed by atoms with Crippen LogP contribution in [0.3, 0.4) is 0 Å². The predicted octanol–water partition coefficient (Wildman–Crippen LogP) is 0.681. The van der Waals surface area contributed by atoms with Crippen LogP contribution < -0.4 is 10.6 Å². The molecular formula is C15H18N4O2. The third-order valence-corrected chi connectivity index (χ3v) is 3.47. The molecule has 1 aromatic heterocycles. The van der Waals surface area contributed by atoms with Crippen LogP contribution in [0.1, 0.15) is 5.56 Å². The highest BCUT2D eigenvalue weighted by Crippen LogP contribution is 2.16. The highest BCUT2D eigenvalue weighted by Gasteiger charge is 2.20. The second-order valence-corrected chi connectivity index (χ2v) is 4.97. The number of nitrogens with one attached hydrogen (secondary N) is 3. The molecular weight excluding hydrogens is 268 g/mol. The summed E-state index contributed by atoms with van der Waals surface area (Å²) in [6, 6.07) is 9.70. The van der Waals surface area contributed by atoms with Gasteiger partial charge in [0.15, 0.2) is 0 Å². The first-order chi connectivity index (χ1) is 10.3. The maximum atomic E-state index is 12.0. The van der Waals surface area contributed by atoms with Gasteiger partial charge in [-0.3, -0.25) is 9.89 Å². The second kappa shape index (κ2) is 6.51. The molecule has 1 unspecified atom stereocenters. The molecule has 1 aliphatic rings. The van der Waals surface area contributed by atoms with E-state index in [-0.39, 0.29) is 11.9 Å². The molecule has 110 valence electrons. The van der Waals surface area contributed by atoms with Gasteiger partial charge in [-0.1, -0.05) is 24.3 Å². The van der Waals surface area contributed by atoms with Gasteiger partial charge in [0.25, 0.3) is 0 Å². The van der Waals surface area contributed by atoms with E-state index in [0.717, 1.165) is 23.4 Å². The van der Waals surface area contributed by atoms with Crippen molar-refractivity contribution in [1.82, 2.24) is 20.8 Å². The Balaban J connectivity index is 1.54. The minimum absolute atomic E-state index is 0.0210. The molecule has 1 atom stereocenters. The number of aromatic amines is 1. The number of morpholine rings is 1. The van der Waals surface area contributed by atoms with E-state index in [0.29, 0.717) is 19.8 Å². The van der Waals surface area contributed by atoms with Crippen LogP contribution >= 0.6 is 0 Å². The van der Waals surface area contributed by atoms with Gasteiger partial charge in [-0.2, -0.15) is 5.10 Å². The summed E-state index contributed by atoms with van der Waals surface area (Å²) >= 11 is 0. The zero-order valence-electron chi connectivity index (χ0n) is 11.6. The molecule has 0 radical (unpaired) electrons. The summed E-state index contributed by atoms with van der Waals surface area (Å²) in [7, 11) is 0. The Bertz CT molecular complexity index is 574. The average molecular weight is 286 g/mol. The van der Waals surface area contributed by atoms with Gasteiger partial charge in [0.05, 0.1) is 18.9 Å². The largest absolute Gasteiger partial charge is 0.378 e. The molecule has 21 heavy (non-hydrogen) atoms. The molecule has 1 aromatic carbocycles. The molecule has 1 aliphatic heterocycles. The molecule has 6 nitrogen and oxygen atoms in total. The van der Waals surface area contributed by atoms with Crippen LogP contribution in [0, 0.1) is 0 Å². The Morgan fingerprint density at radius 2 is 2.19 bits per heavy atom. The zero-order chi connectivity index (χ0) is 14.5. The van der Waals surface area contributed by atoms with E-state index in [1.54, 1.807) is 6.20 Å². The first kappa shape index (κ1) is 13.8. The number of ether oxygens (including phenoxy) is 1. The van der Waals surface area contributed by atoms with Crippen LogP contribution in [0.25, 0.3) is 11.3 Å². The molecule has 0 spiro atoms. The molecule has 2 aromatic rings. The van der Waals surface area contributed by atoms with Crippen molar-refractivity contribution in [2.24, 2.45) is 0 Å². The number of carbonyl (C=O) groups is 1. The minimum atomic E-state index is -0.247. The minimum Gasteiger partial charge on any atom is -0.378 e. The summed E-state index contributed by atoms with van der Waals surface area (Å²) in [6.45, 7) is 2.33. The van der Waals surface area contributed by atoms with Crippen LogP contribution in [0.4, 0.5) is 0 Å². The van der Waals surface area contributed by atoms with E-state index in [1.807, 2.05) is 30.3 Å². The topological polar surface area (TPSA) is 79.0 Å². The van der Waals surface area contributed by atoms with Crippen LogP contribution in [0.15, 0.2) is 36.5 Å². The van der Waals surface area contributed by atoms with Gasteiger partial charge < -0.3 is 15.4 Å². The van der Waals surface area contributed by atoms with Gasteiger partial charge in [-0.25, -0.2) is 0 Å². The first-order valence-electron chi connectivity index (χ1n) is 7.00. The van der Waals surface area contributed by atoms with Crippen molar-refractivity contribution < 1.29 is 9.53 Å². The van der Waals surface area contributed by atoms with Crippen molar-refractivity contribution in [3.63, 3.8) is 0 Å². The number of H-pyrrole nitrogens is 1. The van der Waals surface area contributed by atoms with Crippen LogP contribution in [0.2, 0.25) is 0 Å². The summed E-state index contributed by atoms with van der Waals surface area (Å²) < 4.78 is 5.28. The number of carbonyl (C=O) groups excluding carboxylic acids is 1. The maximum Gasteiger partial charge on any atom is 0.239 e. The molecule has 0 saturated carbocycles. The van der Waals surface area contributed by atoms with Gasteiger partial charge in [0, 0.05) is 19.3 Å². The Kier molecular flexibility index (Phi) is 4.28. The number of hydrogen-bond donors (Lipinski definition) is 3. The SMILES string of the molecule is O=C(NCc1ccc(-c2ccn[nH]2)cc1)C1COCCN1. The lowest BCUT2D eigenvalue weighted by Gasteiger charge is -2.22. The van der Waals surface area contributed by atoms with Crippen molar-refractivity contribution in [1.29, 1.82) is 0 Å². The van der Waals surface area contributed by atoms with E-state index in [1.165, 1.54) is 0 Å². The van der Waals surface area contributed by atoms with E-state index in [2.05, 4.69) is 20.8 Å². The lowest BCUT2D eigenvalue weighted by Crippen LogP contribution is -2.51. The summed E-state index contributed by atoms with van der Waals surface area (Å²) in [5, 5.41) is 12.9. The number of hydrogen-bond acceptors (Lipinski definition) is 4. The second-order valence-electron chi connectivity index (χ2n) is 4.97. The number of aromatic nitrogens is 2. The van der Waals surface area contributed by atoms with E-state index in [9.17, 15) is 4.79 Å². The van der Waals surface area contributed by atoms with E-state index < -0.39 is 0 Å². The molecule has 0 aliphatic carbocycles. The molecule has 1 fully saturated rings. The highest BCUT2D eigenvalue weighted by atomic mass is 16.5. The van der Waals surface area contributed by atoms with Gasteiger partial charge in [-0.05, 0) is 17.2 Å². The van der Waals surface area contributed by atoms with Crippen molar-refractivity contribution in [3.05, 3.63) is 42.1 Å². The van der Waals surface area contributed by atoms with Crippen molar-refractivity contribution in [3.8, 4) is 11.3 Å². The van der Waals surface area contributed by atoms with Gasteiger partial charge in [0.2, 0.25) is 5.91 Å². The van der Waals surface area contributed by atoms with Gasteiger partial charge >= 0.3 is 0 Å². The molecule has 2 heterocycles. The Hall–Kier alpha value is -2.18. The Morgan fingerprint density at radius 3 is 2.86 bits per heavy atom. The fourth-order valence-corrected chi connectivity index (χ4v) is 2.27. The molecule has 6 heteroatoms. The molecule has 3 rings (SSSR count). The third-order valence-electron chi connectivity index (χ3n) is 3.47. The Morgan fingerprint density at radius 1 is 1.33 bits per heavy atom. The van der Waals surface area contributed by atoms with Crippen molar-refractivity contribution >= 4 is 5.91 Å². The number of benzene rings is 1. The fourth-order valence-electron chi connectivity index (χ4n) is 2.27. The first-order valence-corrected chi connectivity index (χ1v) is 7.00. The Labute approximate surface area is 122 Å². The fraction of sp³-hybridized carbons (Fsp3) is 0.333. The number of nitrogens with zero attached hydrogens (tertiary/aromatic N) is 1. The monoisotopic (exact) mass is 286 g/mol. The smallest absolute Gasteiger partial charge is 0.239 e. The summed E-state index contributed by atoms with van der Waals surface area (Å²) in [5.41, 5.74) is 3.11. The predicted molar refractivity (Wildman–Crippen MR) is 78.5 cm³/mol. The quantitative estimate of drug-likeness (QED) is 0.772. The van der Waals surface area contributed by atoms with Crippen LogP contribution in [-0.2, 0) is 16.1 Å². The molecule has 3 N–H and O–H groups in total. The number of rotatable bonds is 4. The maximum absolute atomic E-state index is 12.0. The molecule has 0 bridgehead atoms. The molecule has 1 saturated heterocycles. The summed E-state index contributed by atoms with van der Waals surface area (Å²) in [6.07, 6.45) is 1.72. The number of amides is 1. The normalized spacial score (nSPS) is 18.4. The lowest BCUT2D eigenvalue weighted by molar-refractivity contribution is -0.126. The van der Waals surface area contributed by atoms with Crippen molar-refractivity contribution in [2.45, 2.75) is 12.6 Å². The molecule has 1 amide bonds. The highest BCUT2D eigenvalue weighted by molar-refractivity contribution is 5.82. The average Bonchev–Trinajstić information content (AvgIpc) is 3.08. The van der Waals surface area contributed by atoms with Crippen LogP contribution in [0.5, 0.6) is 0 Å². The third kappa shape index (κ3) is 3.48. The zero-order valence-corrected chi connectivity index (χ0v) is 11.6. The van der Waals surface area contributed by atoms with Gasteiger partial charge in [-0.15, -0.1) is 0 Å². The summed E-state index contributed by atoms with van der Waals surface area (Å²) in [5.74, 6) is -0.0210. The van der Waals surface area contributed by atoms with Gasteiger partial charge in [0.1, 0.15) is 6.04 Å². The lowest BCUT2D eigenvalue weighted by atomic mass is 10.1. The summed E-state index contributed by atoms with van der Waals surface area (Å²) in [4.78, 5) is 12.0. The standard InChI is InChI=1S/C15H18N4O2/c20-15(14-10-21-8-7-16-14)17-9-11-1-3-12(4-2-11)13-5-6-18-19-13/h1-6,14,16H,7-10H2,(H,17,20)(H,18,19). The van der Waals surface area contributed by atoms with E-state index in [4.69, 9.17) is 4.74 Å². The van der Waals surface area contributed by atoms with Crippen molar-refractivity contribution in [2.75, 3.05) is 19.8 Å². The van der Waals surface area contributed by atoms with Crippen LogP contribution in [-0.4, -0.2) is 41.9 Å². The van der Waals surface area contributed by atoms with E-state index >= 15 is 0 Å².